The molecule has 2 atom stereocenters. The summed E-state index contributed by atoms with van der Waals surface area (Å²) in [7, 11) is 11.8. The lowest BCUT2D eigenvalue weighted by Crippen LogP contribution is -2.35. The Bertz CT molecular complexity index is 5350. The second-order valence-corrected chi connectivity index (χ2v) is 27.8. The molecule has 13 aromatic rings. The van der Waals surface area contributed by atoms with Gasteiger partial charge in [-0.1, -0.05) is 232 Å². The molecule has 0 aromatic heterocycles. The average Bonchev–Trinajstić information content (AvgIpc) is 1.44. The van der Waals surface area contributed by atoms with Gasteiger partial charge in [0.1, 0.15) is 23.0 Å². The van der Waals surface area contributed by atoms with E-state index in [4.69, 9.17) is 18.9 Å². The van der Waals surface area contributed by atoms with Crippen molar-refractivity contribution >= 4 is 66.6 Å². The Morgan fingerprint density at radius 2 is 0.814 bits per heavy atom. The molecule has 0 radical (unpaired) electrons. The number of methoxy groups -OCH3 is 2. The Kier molecular flexibility index (Phi) is 13.6. The van der Waals surface area contributed by atoms with Crippen molar-refractivity contribution in [3.05, 3.63) is 322 Å². The zero-order valence-electron chi connectivity index (χ0n) is 55.9. The lowest BCUT2D eigenvalue weighted by molar-refractivity contribution is 0.163. The van der Waals surface area contributed by atoms with E-state index < -0.39 is 16.6 Å². The summed E-state index contributed by atoms with van der Waals surface area (Å²) in [6.07, 6.45) is 18.3. The molecule has 0 N–H and O–H groups in total. The van der Waals surface area contributed by atoms with E-state index in [1.807, 2.05) is 0 Å². The Labute approximate surface area is 568 Å². The molecule has 6 heteroatoms. The molecular weight excluding hydrogens is 1190 g/mol. The normalized spacial score (nSPS) is 18.2. The van der Waals surface area contributed by atoms with Crippen molar-refractivity contribution in [1.29, 1.82) is 0 Å². The average molecular weight is 1260 g/mol. The van der Waals surface area contributed by atoms with Crippen LogP contribution in [0.3, 0.4) is 0 Å². The van der Waals surface area contributed by atoms with E-state index >= 15 is 0 Å². The number of hydrogen-bond donors (Lipinski definition) is 0. The quantitative estimate of drug-likeness (QED) is 0.141. The molecule has 2 spiro atoms. The zero-order chi connectivity index (χ0) is 65.4. The maximum atomic E-state index is 7.72. The van der Waals surface area contributed by atoms with Crippen molar-refractivity contribution in [1.82, 2.24) is 0 Å². The first kappa shape index (κ1) is 58.7. The van der Waals surface area contributed by atoms with Gasteiger partial charge in [0.15, 0.2) is 11.2 Å². The molecule has 2 aliphatic heterocycles. The van der Waals surface area contributed by atoms with E-state index in [2.05, 4.69) is 305 Å². The predicted molar refractivity (Wildman–Crippen MR) is 401 cm³/mol. The van der Waals surface area contributed by atoms with Crippen molar-refractivity contribution in [2.45, 2.75) is 67.0 Å². The SMILES string of the molecule is CN(C)c1ccc(C2(c3ccccc3)C=Cc3c4c(c5ccccc5c3O2)-c2ccccc2C42CCCCCCC2)cc1.COc1ccc2c(c1)C1(c3c4c(c5cc(OC)ccc5c3-2)OC(c2ccccc2)(c2ccc(N(C)C)cc2)C=C4)c2cccc3ccc4cccc1c4c23. The summed E-state index contributed by atoms with van der Waals surface area (Å²) in [5.74, 6) is 3.49. The molecule has 0 amide bonds. The molecule has 0 bridgehead atoms. The second kappa shape index (κ2) is 22.4. The minimum atomic E-state index is -0.885. The molecule has 6 aliphatic rings. The fourth-order valence-electron chi connectivity index (χ4n) is 18.2. The lowest BCUT2D eigenvalue weighted by atomic mass is 9.67. The van der Waals surface area contributed by atoms with Crippen molar-refractivity contribution in [3.63, 3.8) is 0 Å². The minimum Gasteiger partial charge on any atom is -0.497 e. The lowest BCUT2D eigenvalue weighted by Gasteiger charge is -2.40. The van der Waals surface area contributed by atoms with Gasteiger partial charge in [0.05, 0.1) is 19.6 Å². The topological polar surface area (TPSA) is 43.4 Å². The van der Waals surface area contributed by atoms with E-state index in [-0.39, 0.29) is 5.41 Å². The molecular formula is C91H76N2O4. The van der Waals surface area contributed by atoms with Crippen LogP contribution in [0.2, 0.25) is 0 Å². The molecule has 19 rings (SSSR count). The number of fused-ring (bicyclic) bond motifs is 22. The van der Waals surface area contributed by atoms with Crippen LogP contribution < -0.4 is 28.7 Å². The number of ether oxygens (including phenoxy) is 4. The van der Waals surface area contributed by atoms with Crippen LogP contribution in [0.25, 0.3) is 77.5 Å². The van der Waals surface area contributed by atoms with Crippen LogP contribution in [-0.2, 0) is 22.0 Å². The van der Waals surface area contributed by atoms with Gasteiger partial charge in [-0.3, -0.25) is 0 Å². The Morgan fingerprint density at radius 3 is 1.39 bits per heavy atom. The smallest absolute Gasteiger partial charge is 0.178 e. The molecule has 1 fully saturated rings. The summed E-state index contributed by atoms with van der Waals surface area (Å²) in [6.45, 7) is 0. The number of rotatable bonds is 8. The molecule has 2 heterocycles. The van der Waals surface area contributed by atoms with Gasteiger partial charge in [0.25, 0.3) is 0 Å². The predicted octanol–water partition coefficient (Wildman–Crippen LogP) is 21.5. The van der Waals surface area contributed by atoms with Gasteiger partial charge in [-0.25, -0.2) is 0 Å². The van der Waals surface area contributed by atoms with Crippen molar-refractivity contribution < 1.29 is 18.9 Å². The van der Waals surface area contributed by atoms with Gasteiger partial charge in [0.2, 0.25) is 0 Å². The van der Waals surface area contributed by atoms with Crippen LogP contribution in [0.5, 0.6) is 23.0 Å². The monoisotopic (exact) mass is 1260 g/mol. The van der Waals surface area contributed by atoms with Crippen LogP contribution in [0.15, 0.2) is 255 Å². The molecule has 0 saturated heterocycles. The number of nitrogens with zero attached hydrogens (tertiary/aromatic N) is 2. The zero-order valence-corrected chi connectivity index (χ0v) is 55.9. The van der Waals surface area contributed by atoms with Crippen LogP contribution in [0.1, 0.15) is 112 Å². The van der Waals surface area contributed by atoms with Crippen molar-refractivity contribution in [2.24, 2.45) is 0 Å². The van der Waals surface area contributed by atoms with Crippen molar-refractivity contribution in [2.75, 3.05) is 52.2 Å². The van der Waals surface area contributed by atoms with Gasteiger partial charge in [-0.05, 0) is 168 Å². The molecule has 97 heavy (non-hydrogen) atoms. The van der Waals surface area contributed by atoms with Gasteiger partial charge in [-0.15, -0.1) is 0 Å². The number of anilines is 2. The van der Waals surface area contributed by atoms with E-state index in [0.717, 1.165) is 67.3 Å². The number of hydrogen-bond acceptors (Lipinski definition) is 6. The highest BCUT2D eigenvalue weighted by atomic mass is 16.5. The van der Waals surface area contributed by atoms with E-state index in [0.29, 0.717) is 0 Å². The maximum absolute atomic E-state index is 7.72. The first-order valence-corrected chi connectivity index (χ1v) is 34.5. The van der Waals surface area contributed by atoms with Crippen LogP contribution in [0.4, 0.5) is 11.4 Å². The third-order valence-corrected chi connectivity index (χ3v) is 22.6. The summed E-state index contributed by atoms with van der Waals surface area (Å²) in [5.41, 5.74) is 20.2. The van der Waals surface area contributed by atoms with Gasteiger partial charge in [-0.2, -0.15) is 0 Å². The highest BCUT2D eigenvalue weighted by Gasteiger charge is 2.55. The molecule has 2 unspecified atom stereocenters. The Hall–Kier alpha value is -10.8. The van der Waals surface area contributed by atoms with Gasteiger partial charge in [0, 0.05) is 89.1 Å². The molecule has 4 aliphatic carbocycles. The van der Waals surface area contributed by atoms with E-state index in [9.17, 15) is 0 Å². The third kappa shape index (κ3) is 8.44. The summed E-state index contributed by atoms with van der Waals surface area (Å²) < 4.78 is 27.1. The van der Waals surface area contributed by atoms with E-state index in [1.165, 1.54) is 144 Å². The fraction of sp³-hybridized carbons (Fsp3) is 0.187. The number of benzene rings is 13. The van der Waals surface area contributed by atoms with Crippen molar-refractivity contribution in [3.8, 4) is 45.3 Å². The molecule has 6 nitrogen and oxygen atoms in total. The standard InChI is InChI=1S/C50H37NO3.C41H39NO/c1-51(2)34-20-18-33(19-21-34)49(32-12-6-5-7-13-32)27-26-39-47-46(37-24-22-35(52-3)28-40(37)48(39)54-49)38-25-23-36(53-4)29-43(38)50(47)41-14-8-10-30-16-17-31-11-9-15-42(50)45(31)44(30)41;1-42(2)31-23-21-30(22-24-31)41(29-15-7-6-8-16-29)28-25-35-38-37(32-17-9-10-18-33(32)39(35)43-41)34-19-11-12-20-36(34)40(38)26-13-4-3-5-14-27-40/h5-29H,1-4H3;6-12,15-25,28H,3-5,13-14,26-27H2,1-2H3. The Balaban J connectivity index is 0.000000145. The summed E-state index contributed by atoms with van der Waals surface area (Å²) in [5, 5.41) is 9.78. The van der Waals surface area contributed by atoms with E-state index in [1.54, 1.807) is 14.2 Å². The van der Waals surface area contributed by atoms with Crippen LogP contribution in [-0.4, -0.2) is 42.4 Å². The highest BCUT2D eigenvalue weighted by Crippen LogP contribution is 2.68. The summed E-state index contributed by atoms with van der Waals surface area (Å²) in [4.78, 5) is 4.27. The molecule has 1 saturated carbocycles. The van der Waals surface area contributed by atoms with Crippen LogP contribution in [0, 0.1) is 0 Å². The Morgan fingerprint density at radius 1 is 0.361 bits per heavy atom. The third-order valence-electron chi connectivity index (χ3n) is 22.6. The minimum absolute atomic E-state index is 0.0221. The summed E-state index contributed by atoms with van der Waals surface area (Å²) in [6, 6.07) is 88.4. The fourth-order valence-corrected chi connectivity index (χ4v) is 18.2. The maximum Gasteiger partial charge on any atom is 0.178 e. The van der Waals surface area contributed by atoms with Gasteiger partial charge >= 0.3 is 0 Å². The van der Waals surface area contributed by atoms with Gasteiger partial charge < -0.3 is 28.7 Å². The second-order valence-electron chi connectivity index (χ2n) is 27.8. The first-order valence-electron chi connectivity index (χ1n) is 34.5. The largest absolute Gasteiger partial charge is 0.497 e. The summed E-state index contributed by atoms with van der Waals surface area (Å²) >= 11 is 0. The molecule has 13 aromatic carbocycles. The highest BCUT2D eigenvalue weighted by molar-refractivity contribution is 6.20. The van der Waals surface area contributed by atoms with Crippen LogP contribution >= 0.6 is 0 Å². The first-order chi connectivity index (χ1) is 47.6. The molecule has 474 valence electrons.